The Kier molecular flexibility index (Phi) is 8.07. The number of carbonyl (C=O) groups is 2. The molecule has 7 nitrogen and oxygen atoms in total. The van der Waals surface area contributed by atoms with Crippen LogP contribution in [0.5, 0.6) is 0 Å². The van der Waals surface area contributed by atoms with Crippen LogP contribution in [0.15, 0.2) is 72.8 Å². The first-order valence-corrected chi connectivity index (χ1v) is 13.1. The molecule has 0 saturated heterocycles. The fourth-order valence-corrected chi connectivity index (χ4v) is 4.40. The molecule has 0 saturated carbocycles. The van der Waals surface area contributed by atoms with Crippen LogP contribution in [0.3, 0.4) is 0 Å². The standard InChI is InChI=1S/C30H34ClN5O2/c1-20(2)18-35(29(38)32-24-15-10-12-21-11-6-7-13-22(21)24)19-28(37)33-27-17-26(30(3,4)5)34-36(27)25-16-9-8-14-23(25)31/h6-17,20H,18-19H2,1-5H3,(H,32,38)(H,33,37). The lowest BCUT2D eigenvalue weighted by atomic mass is 9.92. The molecule has 0 aliphatic heterocycles. The molecule has 198 valence electrons. The van der Waals surface area contributed by atoms with Crippen LogP contribution in [0, 0.1) is 5.92 Å². The van der Waals surface area contributed by atoms with Crippen LogP contribution in [-0.2, 0) is 10.2 Å². The van der Waals surface area contributed by atoms with Crippen LogP contribution in [0.25, 0.3) is 16.5 Å². The maximum atomic E-state index is 13.3. The average Bonchev–Trinajstić information content (AvgIpc) is 3.28. The van der Waals surface area contributed by atoms with Gasteiger partial charge in [0.1, 0.15) is 12.4 Å². The molecule has 2 N–H and O–H groups in total. The fraction of sp³-hybridized carbons (Fsp3) is 0.300. The lowest BCUT2D eigenvalue weighted by Crippen LogP contribution is -2.42. The molecule has 0 spiro atoms. The van der Waals surface area contributed by atoms with Gasteiger partial charge in [-0.1, -0.05) is 94.8 Å². The Morgan fingerprint density at radius 2 is 1.66 bits per heavy atom. The Hall–Kier alpha value is -3.84. The van der Waals surface area contributed by atoms with Crippen LogP contribution in [0.1, 0.15) is 40.3 Å². The van der Waals surface area contributed by atoms with Crippen LogP contribution in [-0.4, -0.2) is 39.7 Å². The Balaban J connectivity index is 1.57. The van der Waals surface area contributed by atoms with Crippen LogP contribution >= 0.6 is 11.6 Å². The second kappa shape index (κ2) is 11.3. The van der Waals surface area contributed by atoms with Crippen LogP contribution < -0.4 is 10.6 Å². The number of carbonyl (C=O) groups excluding carboxylic acids is 2. The maximum absolute atomic E-state index is 13.3. The summed E-state index contributed by atoms with van der Waals surface area (Å²) < 4.78 is 1.64. The van der Waals surface area contributed by atoms with Crippen LogP contribution in [0.2, 0.25) is 5.02 Å². The third-order valence-electron chi connectivity index (χ3n) is 6.06. The number of fused-ring (bicyclic) bond motifs is 1. The molecule has 38 heavy (non-hydrogen) atoms. The molecule has 8 heteroatoms. The molecular formula is C30H34ClN5O2. The van der Waals surface area contributed by atoms with Crippen molar-refractivity contribution < 1.29 is 9.59 Å². The summed E-state index contributed by atoms with van der Waals surface area (Å²) >= 11 is 6.46. The molecule has 3 aromatic carbocycles. The molecule has 4 rings (SSSR count). The van der Waals surface area contributed by atoms with E-state index in [1.165, 1.54) is 4.90 Å². The van der Waals surface area contributed by atoms with Crippen molar-refractivity contribution in [2.45, 2.75) is 40.0 Å². The van der Waals surface area contributed by atoms with Crippen molar-refractivity contribution in [1.82, 2.24) is 14.7 Å². The molecule has 0 aliphatic carbocycles. The minimum Gasteiger partial charge on any atom is -0.315 e. The lowest BCUT2D eigenvalue weighted by molar-refractivity contribution is -0.116. The first-order valence-electron chi connectivity index (χ1n) is 12.7. The predicted octanol–water partition coefficient (Wildman–Crippen LogP) is 7.11. The zero-order valence-electron chi connectivity index (χ0n) is 22.5. The smallest absolute Gasteiger partial charge is 0.315 e. The molecule has 1 heterocycles. The van der Waals surface area contributed by atoms with E-state index in [-0.39, 0.29) is 29.8 Å². The van der Waals surface area contributed by atoms with Gasteiger partial charge in [-0.25, -0.2) is 9.48 Å². The van der Waals surface area contributed by atoms with Gasteiger partial charge in [-0.15, -0.1) is 0 Å². The zero-order valence-corrected chi connectivity index (χ0v) is 23.2. The van der Waals surface area contributed by atoms with Crippen molar-refractivity contribution in [2.75, 3.05) is 23.7 Å². The Bertz CT molecular complexity index is 1450. The van der Waals surface area contributed by atoms with Gasteiger partial charge in [0.05, 0.1) is 22.1 Å². The third-order valence-corrected chi connectivity index (χ3v) is 6.38. The van der Waals surface area contributed by atoms with Crippen molar-refractivity contribution in [2.24, 2.45) is 5.92 Å². The molecule has 0 unspecified atom stereocenters. The third kappa shape index (κ3) is 6.34. The van der Waals surface area contributed by atoms with Crippen molar-refractivity contribution in [1.29, 1.82) is 0 Å². The van der Waals surface area contributed by atoms with Gasteiger partial charge >= 0.3 is 6.03 Å². The van der Waals surface area contributed by atoms with E-state index in [0.717, 1.165) is 16.5 Å². The predicted molar refractivity (Wildman–Crippen MR) is 155 cm³/mol. The van der Waals surface area contributed by atoms with Gasteiger partial charge in [-0.05, 0) is 29.5 Å². The van der Waals surface area contributed by atoms with E-state index < -0.39 is 0 Å². The van der Waals surface area contributed by atoms with E-state index in [9.17, 15) is 9.59 Å². The van der Waals surface area contributed by atoms with E-state index in [2.05, 4.69) is 31.4 Å². The Labute approximate surface area is 228 Å². The van der Waals surface area contributed by atoms with E-state index in [1.807, 2.05) is 80.6 Å². The van der Waals surface area contributed by atoms with Crippen LogP contribution in [0.4, 0.5) is 16.3 Å². The summed E-state index contributed by atoms with van der Waals surface area (Å²) in [6.07, 6.45) is 0. The highest BCUT2D eigenvalue weighted by Gasteiger charge is 2.24. The van der Waals surface area contributed by atoms with Gasteiger partial charge in [0, 0.05) is 23.4 Å². The first-order chi connectivity index (χ1) is 18.0. The summed E-state index contributed by atoms with van der Waals surface area (Å²) in [7, 11) is 0. The highest BCUT2D eigenvalue weighted by molar-refractivity contribution is 6.32. The Morgan fingerprint density at radius 1 is 0.974 bits per heavy atom. The number of hydrogen-bond acceptors (Lipinski definition) is 3. The van der Waals surface area contributed by atoms with Gasteiger partial charge in [0.2, 0.25) is 5.91 Å². The minimum absolute atomic E-state index is 0.118. The average molecular weight is 532 g/mol. The highest BCUT2D eigenvalue weighted by Crippen LogP contribution is 2.29. The number of aromatic nitrogens is 2. The summed E-state index contributed by atoms with van der Waals surface area (Å²) in [5.74, 6) is 0.335. The van der Waals surface area contributed by atoms with Crippen molar-refractivity contribution in [3.05, 3.63) is 83.5 Å². The highest BCUT2D eigenvalue weighted by atomic mass is 35.5. The van der Waals surface area contributed by atoms with E-state index >= 15 is 0 Å². The lowest BCUT2D eigenvalue weighted by Gasteiger charge is -2.25. The molecule has 0 fully saturated rings. The number of halogens is 1. The van der Waals surface area contributed by atoms with Gasteiger partial charge in [0.15, 0.2) is 0 Å². The number of benzene rings is 3. The molecular weight excluding hydrogens is 498 g/mol. The number of urea groups is 1. The molecule has 0 radical (unpaired) electrons. The molecule has 4 aromatic rings. The van der Waals surface area contributed by atoms with Gasteiger partial charge in [0.25, 0.3) is 0 Å². The number of para-hydroxylation sites is 1. The molecule has 1 aromatic heterocycles. The Morgan fingerprint density at radius 3 is 2.37 bits per heavy atom. The molecule has 0 bridgehead atoms. The normalized spacial score (nSPS) is 11.6. The monoisotopic (exact) mass is 531 g/mol. The fourth-order valence-electron chi connectivity index (χ4n) is 4.19. The van der Waals surface area contributed by atoms with Crippen molar-refractivity contribution in [3.63, 3.8) is 0 Å². The van der Waals surface area contributed by atoms with Crippen molar-refractivity contribution >= 4 is 45.8 Å². The second-order valence-corrected chi connectivity index (χ2v) is 11.2. The molecule has 0 aliphatic rings. The summed E-state index contributed by atoms with van der Waals surface area (Å²) in [6, 6.07) is 22.5. The number of anilines is 2. The van der Waals surface area contributed by atoms with E-state index in [1.54, 1.807) is 10.7 Å². The second-order valence-electron chi connectivity index (χ2n) is 10.8. The number of rotatable bonds is 7. The molecule has 0 atom stereocenters. The van der Waals surface area contributed by atoms with Gasteiger partial charge < -0.3 is 15.5 Å². The number of hydrogen-bond donors (Lipinski definition) is 2. The SMILES string of the molecule is CC(C)CN(CC(=O)Nc1cc(C(C)(C)C)nn1-c1ccccc1Cl)C(=O)Nc1cccc2ccccc12. The van der Waals surface area contributed by atoms with Gasteiger partial charge in [-0.2, -0.15) is 5.10 Å². The van der Waals surface area contributed by atoms with Crippen molar-refractivity contribution in [3.8, 4) is 5.69 Å². The summed E-state index contributed by atoms with van der Waals surface area (Å²) in [5.41, 5.74) is 1.93. The first kappa shape index (κ1) is 27.2. The number of nitrogens with zero attached hydrogens (tertiary/aromatic N) is 3. The quantitative estimate of drug-likeness (QED) is 0.267. The summed E-state index contributed by atoms with van der Waals surface area (Å²) in [6.45, 7) is 10.5. The largest absolute Gasteiger partial charge is 0.322 e. The zero-order chi connectivity index (χ0) is 27.4. The summed E-state index contributed by atoms with van der Waals surface area (Å²) in [4.78, 5) is 28.2. The number of nitrogens with one attached hydrogen (secondary N) is 2. The molecule has 3 amide bonds. The van der Waals surface area contributed by atoms with E-state index in [0.29, 0.717) is 28.8 Å². The van der Waals surface area contributed by atoms with Gasteiger partial charge in [-0.3, -0.25) is 4.79 Å². The minimum atomic E-state index is -0.333. The number of amides is 3. The van der Waals surface area contributed by atoms with E-state index in [4.69, 9.17) is 16.7 Å². The maximum Gasteiger partial charge on any atom is 0.322 e. The topological polar surface area (TPSA) is 79.3 Å². The summed E-state index contributed by atoms with van der Waals surface area (Å²) in [5, 5.41) is 13.2.